The number of aryl methyl sites for hydroxylation is 3. The molecule has 0 saturated heterocycles. The Hall–Kier alpha value is -3.24. The fourth-order valence-corrected chi connectivity index (χ4v) is 5.80. The normalized spacial score (nSPS) is 15.5. The highest BCUT2D eigenvalue weighted by molar-refractivity contribution is 7.25. The maximum atomic E-state index is 8.98. The van der Waals surface area contributed by atoms with Gasteiger partial charge in [0.05, 0.1) is 15.8 Å². The Balaban J connectivity index is 1.67. The van der Waals surface area contributed by atoms with E-state index < -0.39 is 18.6 Å². The number of hydrogen-bond donors (Lipinski definition) is 0. The zero-order valence-electron chi connectivity index (χ0n) is 24.9. The molecule has 0 unspecified atom stereocenters. The van der Waals surface area contributed by atoms with E-state index in [1.165, 1.54) is 4.70 Å². The van der Waals surface area contributed by atoms with Crippen LogP contribution in [0, 0.1) is 19.2 Å². The molecule has 170 valence electrons. The van der Waals surface area contributed by atoms with Crippen molar-refractivity contribution in [2.45, 2.75) is 40.9 Å². The van der Waals surface area contributed by atoms with Crippen molar-refractivity contribution in [3.63, 3.8) is 0 Å². The van der Waals surface area contributed by atoms with Crippen LogP contribution in [0.3, 0.4) is 0 Å². The highest BCUT2D eigenvalue weighted by Crippen LogP contribution is 2.40. The Morgan fingerprint density at radius 3 is 2.65 bits per heavy atom. The first-order valence-corrected chi connectivity index (χ1v) is 12.2. The zero-order valence-corrected chi connectivity index (χ0v) is 20.7. The number of hydrogen-bond acceptors (Lipinski definition) is 3. The van der Waals surface area contributed by atoms with Crippen LogP contribution in [0.5, 0.6) is 0 Å². The van der Waals surface area contributed by atoms with E-state index in [-0.39, 0.29) is 11.1 Å². The Labute approximate surface area is 210 Å². The standard InChI is InChI=1S/C30H29N2OS/c1-17-11-12-20-22-14-25-27(21-9-7-8-10-24(21)34-25)31-29(22)33-28(20)26(17)23-13-19(15-30(3,4)5)18(2)16-32(23)6/h7-14,16H,15H2,1-6H3/q+1/i2D3,15D2. The molecule has 0 saturated carbocycles. The summed E-state index contributed by atoms with van der Waals surface area (Å²) >= 11 is 1.70. The lowest BCUT2D eigenvalue weighted by Crippen LogP contribution is -2.32. The minimum absolute atomic E-state index is 0.0110. The summed E-state index contributed by atoms with van der Waals surface area (Å²) in [5, 5.41) is 2.92. The largest absolute Gasteiger partial charge is 0.437 e. The molecular formula is C30H29N2OS+. The SMILES string of the molecule is [2H]C([2H])([2H])c1c[n+](C)c(-c2c(C)ccc3c2oc2nc4c(cc23)sc2ccccc24)cc1C([2H])([2H])C(C)(C)C. The van der Waals surface area contributed by atoms with Crippen molar-refractivity contribution >= 4 is 53.7 Å². The Morgan fingerprint density at radius 1 is 1.03 bits per heavy atom. The third-order valence-corrected chi connectivity index (χ3v) is 7.32. The molecule has 2 aromatic carbocycles. The summed E-state index contributed by atoms with van der Waals surface area (Å²) in [7, 11) is 1.79. The van der Waals surface area contributed by atoms with E-state index in [0.717, 1.165) is 37.5 Å². The van der Waals surface area contributed by atoms with E-state index in [0.29, 0.717) is 17.0 Å². The van der Waals surface area contributed by atoms with E-state index in [1.54, 1.807) is 56.0 Å². The van der Waals surface area contributed by atoms with Gasteiger partial charge in [0, 0.05) is 39.3 Å². The van der Waals surface area contributed by atoms with Crippen LogP contribution in [0.25, 0.3) is 53.6 Å². The minimum atomic E-state index is -2.47. The number of aromatic nitrogens is 2. The summed E-state index contributed by atoms with van der Waals surface area (Å²) in [6, 6.07) is 16.1. The third kappa shape index (κ3) is 3.32. The van der Waals surface area contributed by atoms with E-state index >= 15 is 0 Å². The Bertz CT molecular complexity index is 1940. The fraction of sp³-hybridized carbons (Fsp3) is 0.267. The van der Waals surface area contributed by atoms with Crippen molar-refractivity contribution in [3.05, 3.63) is 71.4 Å². The average Bonchev–Trinajstić information content (AvgIpc) is 3.38. The monoisotopic (exact) mass is 470 g/mol. The number of thiophene rings is 1. The van der Waals surface area contributed by atoms with Crippen molar-refractivity contribution in [1.29, 1.82) is 0 Å². The number of rotatable bonds is 2. The number of furan rings is 1. The van der Waals surface area contributed by atoms with Crippen LogP contribution < -0.4 is 4.57 Å². The first-order valence-electron chi connectivity index (χ1n) is 13.9. The van der Waals surface area contributed by atoms with Gasteiger partial charge in [0.25, 0.3) is 0 Å². The molecule has 0 fully saturated rings. The predicted molar refractivity (Wildman–Crippen MR) is 144 cm³/mol. The summed E-state index contributed by atoms with van der Waals surface area (Å²) in [6.07, 6.45) is -0.356. The second-order valence-electron chi connectivity index (χ2n) is 9.99. The van der Waals surface area contributed by atoms with Crippen molar-refractivity contribution < 1.29 is 15.8 Å². The second kappa shape index (κ2) is 7.38. The van der Waals surface area contributed by atoms with Gasteiger partial charge in [0.15, 0.2) is 11.8 Å². The van der Waals surface area contributed by atoms with Gasteiger partial charge in [0.1, 0.15) is 7.05 Å². The molecule has 6 rings (SSSR count). The lowest BCUT2D eigenvalue weighted by molar-refractivity contribution is -0.660. The van der Waals surface area contributed by atoms with Crippen LogP contribution in [-0.2, 0) is 13.4 Å². The molecule has 0 bridgehead atoms. The molecule has 0 aliphatic heterocycles. The van der Waals surface area contributed by atoms with Gasteiger partial charge in [-0.15, -0.1) is 11.3 Å². The number of benzene rings is 2. The Kier molecular flexibility index (Phi) is 3.56. The fourth-order valence-electron chi connectivity index (χ4n) is 4.71. The minimum Gasteiger partial charge on any atom is -0.437 e. The topological polar surface area (TPSA) is 29.9 Å². The molecule has 0 spiro atoms. The van der Waals surface area contributed by atoms with E-state index in [1.807, 2.05) is 31.2 Å². The van der Waals surface area contributed by atoms with Gasteiger partial charge in [-0.3, -0.25) is 0 Å². The molecular weight excluding hydrogens is 436 g/mol. The van der Waals surface area contributed by atoms with Gasteiger partial charge in [-0.05, 0) is 48.8 Å². The van der Waals surface area contributed by atoms with E-state index in [2.05, 4.69) is 18.2 Å². The van der Waals surface area contributed by atoms with Crippen molar-refractivity contribution in [2.75, 3.05) is 0 Å². The highest BCUT2D eigenvalue weighted by Gasteiger charge is 2.24. The first kappa shape index (κ1) is 16.4. The molecule has 0 aliphatic rings. The highest BCUT2D eigenvalue weighted by atomic mass is 32.1. The quantitative estimate of drug-likeness (QED) is 0.240. The number of pyridine rings is 2. The summed E-state index contributed by atoms with van der Waals surface area (Å²) in [4.78, 5) is 4.93. The van der Waals surface area contributed by atoms with Gasteiger partial charge in [-0.2, -0.15) is 0 Å². The van der Waals surface area contributed by atoms with E-state index in [4.69, 9.17) is 16.3 Å². The molecule has 0 aliphatic carbocycles. The summed E-state index contributed by atoms with van der Waals surface area (Å²) in [5.41, 5.74) is 3.87. The molecule has 0 N–H and O–H groups in total. The van der Waals surface area contributed by atoms with Crippen LogP contribution in [0.1, 0.15) is 44.3 Å². The molecule has 0 atom stereocenters. The molecule has 0 radical (unpaired) electrons. The molecule has 34 heavy (non-hydrogen) atoms. The van der Waals surface area contributed by atoms with Crippen molar-refractivity contribution in [3.8, 4) is 11.3 Å². The maximum Gasteiger partial charge on any atom is 0.228 e. The summed E-state index contributed by atoms with van der Waals surface area (Å²) in [5.74, 6) is 0. The van der Waals surface area contributed by atoms with Crippen molar-refractivity contribution in [2.24, 2.45) is 12.5 Å². The second-order valence-corrected chi connectivity index (χ2v) is 11.1. The van der Waals surface area contributed by atoms with Gasteiger partial charge in [-0.25, -0.2) is 9.55 Å². The van der Waals surface area contributed by atoms with Crippen molar-refractivity contribution in [1.82, 2.24) is 4.98 Å². The average molecular weight is 471 g/mol. The lowest BCUT2D eigenvalue weighted by Gasteiger charge is -2.19. The molecule has 3 nitrogen and oxygen atoms in total. The third-order valence-electron chi connectivity index (χ3n) is 6.21. The van der Waals surface area contributed by atoms with Crippen LogP contribution in [0.15, 0.2) is 59.1 Å². The number of nitrogens with zero attached hydrogens (tertiary/aromatic N) is 2. The molecule has 0 amide bonds. The van der Waals surface area contributed by atoms with E-state index in [9.17, 15) is 0 Å². The van der Waals surface area contributed by atoms with Gasteiger partial charge >= 0.3 is 0 Å². The van der Waals surface area contributed by atoms with Gasteiger partial charge in [-0.1, -0.05) is 51.1 Å². The van der Waals surface area contributed by atoms with Gasteiger partial charge < -0.3 is 4.42 Å². The molecule has 4 heterocycles. The maximum absolute atomic E-state index is 8.98. The summed E-state index contributed by atoms with van der Waals surface area (Å²) < 4.78 is 52.9. The molecule has 4 aromatic heterocycles. The Morgan fingerprint density at radius 2 is 1.85 bits per heavy atom. The van der Waals surface area contributed by atoms with Crippen LogP contribution >= 0.6 is 11.3 Å². The predicted octanol–water partition coefficient (Wildman–Crippen LogP) is 8.05. The molecule has 6 aromatic rings. The number of fused-ring (bicyclic) bond motifs is 6. The smallest absolute Gasteiger partial charge is 0.228 e. The zero-order chi connectivity index (χ0) is 28.1. The first-order chi connectivity index (χ1) is 18.2. The lowest BCUT2D eigenvalue weighted by atomic mass is 9.86. The summed E-state index contributed by atoms with van der Waals surface area (Å²) in [6.45, 7) is 4.87. The molecule has 4 heteroatoms. The van der Waals surface area contributed by atoms with Crippen LogP contribution in [-0.4, -0.2) is 4.98 Å². The van der Waals surface area contributed by atoms with Gasteiger partial charge in [0.2, 0.25) is 11.4 Å². The van der Waals surface area contributed by atoms with Crippen LogP contribution in [0.2, 0.25) is 0 Å². The van der Waals surface area contributed by atoms with Crippen LogP contribution in [0.4, 0.5) is 0 Å².